The van der Waals surface area contributed by atoms with E-state index >= 15 is 0 Å². The van der Waals surface area contributed by atoms with E-state index in [0.717, 1.165) is 16.5 Å². The molecule has 0 bridgehead atoms. The predicted molar refractivity (Wildman–Crippen MR) is 101 cm³/mol. The summed E-state index contributed by atoms with van der Waals surface area (Å²) in [5.74, 6) is -1.45. The van der Waals surface area contributed by atoms with E-state index in [1.54, 1.807) is 25.4 Å². The number of aromatic nitrogens is 2. The monoisotopic (exact) mass is 367 g/mol. The zero-order valence-electron chi connectivity index (χ0n) is 15.2. The quantitative estimate of drug-likeness (QED) is 0.595. The van der Waals surface area contributed by atoms with Gasteiger partial charge in [-0.3, -0.25) is 14.7 Å². The van der Waals surface area contributed by atoms with Crippen molar-refractivity contribution < 1.29 is 19.4 Å². The number of carbonyl (C=O) groups excluding carboxylic acids is 1. The van der Waals surface area contributed by atoms with Gasteiger partial charge in [0.1, 0.15) is 5.75 Å². The lowest BCUT2D eigenvalue weighted by molar-refractivity contribution is -0.141. The molecule has 1 heterocycles. The van der Waals surface area contributed by atoms with E-state index in [4.69, 9.17) is 4.74 Å². The highest BCUT2D eigenvalue weighted by Crippen LogP contribution is 2.22. The molecule has 0 saturated heterocycles. The highest BCUT2D eigenvalue weighted by atomic mass is 16.5. The number of rotatable bonds is 7. The van der Waals surface area contributed by atoms with Gasteiger partial charge in [-0.25, -0.2) is 0 Å². The molecule has 27 heavy (non-hydrogen) atoms. The molecule has 0 radical (unpaired) electrons. The van der Waals surface area contributed by atoms with Crippen LogP contribution in [-0.4, -0.2) is 40.8 Å². The van der Waals surface area contributed by atoms with Gasteiger partial charge in [-0.2, -0.15) is 5.10 Å². The molecule has 3 rings (SSSR count). The summed E-state index contributed by atoms with van der Waals surface area (Å²) in [6, 6.07) is 11.0. The van der Waals surface area contributed by atoms with Crippen molar-refractivity contribution in [2.45, 2.75) is 13.3 Å². The first kappa shape index (κ1) is 18.4. The molecule has 0 saturated carbocycles. The van der Waals surface area contributed by atoms with Crippen LogP contribution in [0.15, 0.2) is 42.6 Å². The highest BCUT2D eigenvalue weighted by molar-refractivity contribution is 6.05. The molecule has 7 heteroatoms. The smallest absolute Gasteiger partial charge is 0.308 e. The fourth-order valence-electron chi connectivity index (χ4n) is 3.08. The van der Waals surface area contributed by atoms with E-state index < -0.39 is 11.9 Å². The van der Waals surface area contributed by atoms with Gasteiger partial charge < -0.3 is 15.2 Å². The summed E-state index contributed by atoms with van der Waals surface area (Å²) < 4.78 is 5.28. The largest absolute Gasteiger partial charge is 0.496 e. The molecule has 2 aromatic carbocycles. The van der Waals surface area contributed by atoms with Crippen molar-refractivity contribution in [1.29, 1.82) is 0 Å². The lowest BCUT2D eigenvalue weighted by Gasteiger charge is -2.16. The fraction of sp³-hybridized carbons (Fsp3) is 0.250. The number of carboxylic acid groups (broad SMARTS) is 1. The summed E-state index contributed by atoms with van der Waals surface area (Å²) in [4.78, 5) is 24.3. The summed E-state index contributed by atoms with van der Waals surface area (Å²) >= 11 is 0. The van der Waals surface area contributed by atoms with E-state index in [2.05, 4.69) is 15.5 Å². The van der Waals surface area contributed by atoms with Crippen LogP contribution in [0.2, 0.25) is 0 Å². The second-order valence-corrected chi connectivity index (χ2v) is 6.41. The molecule has 140 valence electrons. The van der Waals surface area contributed by atoms with E-state index in [9.17, 15) is 14.7 Å². The number of fused-ring (bicyclic) bond motifs is 1. The topological polar surface area (TPSA) is 104 Å². The van der Waals surface area contributed by atoms with E-state index in [1.807, 2.05) is 31.2 Å². The molecule has 1 unspecified atom stereocenters. The Balaban J connectivity index is 1.75. The number of H-pyrrole nitrogens is 1. The average Bonchev–Trinajstić information content (AvgIpc) is 3.12. The van der Waals surface area contributed by atoms with Crippen molar-refractivity contribution in [1.82, 2.24) is 15.5 Å². The molecule has 0 spiro atoms. The third kappa shape index (κ3) is 4.08. The first-order valence-corrected chi connectivity index (χ1v) is 8.56. The second kappa shape index (κ2) is 7.90. The summed E-state index contributed by atoms with van der Waals surface area (Å²) in [6.45, 7) is 1.90. The van der Waals surface area contributed by atoms with Crippen LogP contribution in [0.1, 0.15) is 21.5 Å². The maximum Gasteiger partial charge on any atom is 0.308 e. The number of amides is 1. The zero-order valence-corrected chi connectivity index (χ0v) is 15.2. The normalized spacial score (nSPS) is 11.9. The van der Waals surface area contributed by atoms with Gasteiger partial charge in [0.2, 0.25) is 0 Å². The van der Waals surface area contributed by atoms with Gasteiger partial charge in [0.05, 0.1) is 30.3 Å². The van der Waals surface area contributed by atoms with E-state index in [1.165, 1.54) is 0 Å². The van der Waals surface area contributed by atoms with E-state index in [0.29, 0.717) is 16.8 Å². The SMILES string of the molecule is COc1ccccc1CC(CNC(=O)c1cc(C)cc2cn[nH]c12)C(=O)O. The fourth-order valence-corrected chi connectivity index (χ4v) is 3.08. The molecule has 3 aromatic rings. The Kier molecular flexibility index (Phi) is 5.40. The Bertz CT molecular complexity index is 980. The molecule has 0 aliphatic heterocycles. The Hall–Kier alpha value is -3.35. The molecule has 0 aliphatic carbocycles. The first-order chi connectivity index (χ1) is 13.0. The van der Waals surface area contributed by atoms with Crippen LogP contribution in [0, 0.1) is 12.8 Å². The Labute approximate surface area is 156 Å². The van der Waals surface area contributed by atoms with Crippen LogP contribution in [0.4, 0.5) is 0 Å². The first-order valence-electron chi connectivity index (χ1n) is 8.56. The number of nitrogens with zero attached hydrogens (tertiary/aromatic N) is 1. The van der Waals surface area contributed by atoms with Crippen molar-refractivity contribution in [2.24, 2.45) is 5.92 Å². The maximum atomic E-state index is 12.6. The van der Waals surface area contributed by atoms with Gasteiger partial charge >= 0.3 is 5.97 Å². The third-order valence-corrected chi connectivity index (χ3v) is 4.45. The van der Waals surface area contributed by atoms with Crippen LogP contribution in [0.3, 0.4) is 0 Å². The van der Waals surface area contributed by atoms with Crippen LogP contribution >= 0.6 is 0 Å². The number of methoxy groups -OCH3 is 1. The molecule has 1 atom stereocenters. The average molecular weight is 367 g/mol. The van der Waals surface area contributed by atoms with E-state index in [-0.39, 0.29) is 18.9 Å². The van der Waals surface area contributed by atoms with Crippen LogP contribution in [0.5, 0.6) is 5.75 Å². The Morgan fingerprint density at radius 3 is 2.81 bits per heavy atom. The number of nitrogens with one attached hydrogen (secondary N) is 2. The van der Waals surface area contributed by atoms with Crippen LogP contribution in [0.25, 0.3) is 10.9 Å². The molecular formula is C20H21N3O4. The number of aromatic amines is 1. The van der Waals surface area contributed by atoms with Gasteiger partial charge in [-0.15, -0.1) is 0 Å². The lowest BCUT2D eigenvalue weighted by atomic mass is 9.98. The van der Waals surface area contributed by atoms with Gasteiger partial charge in [0.25, 0.3) is 5.91 Å². The summed E-state index contributed by atoms with van der Waals surface area (Å²) in [5, 5.41) is 19.9. The Morgan fingerprint density at radius 2 is 2.07 bits per heavy atom. The molecule has 0 aliphatic rings. The number of carbonyl (C=O) groups is 2. The number of aliphatic carboxylic acids is 1. The standard InChI is InChI=1S/C20H21N3O4/c1-12-7-14-11-22-23-18(14)16(8-12)19(24)21-10-15(20(25)26)9-13-5-3-4-6-17(13)27-2/h3-8,11,15H,9-10H2,1-2H3,(H,21,24)(H,22,23)(H,25,26). The summed E-state index contributed by atoms with van der Waals surface area (Å²) in [6.07, 6.45) is 1.91. The number of hydrogen-bond donors (Lipinski definition) is 3. The van der Waals surface area contributed by atoms with Crippen molar-refractivity contribution in [2.75, 3.05) is 13.7 Å². The summed E-state index contributed by atoms with van der Waals surface area (Å²) in [5.41, 5.74) is 2.80. The molecular weight excluding hydrogens is 346 g/mol. The Morgan fingerprint density at radius 1 is 1.30 bits per heavy atom. The number of carboxylic acids is 1. The molecule has 0 fully saturated rings. The highest BCUT2D eigenvalue weighted by Gasteiger charge is 2.22. The maximum absolute atomic E-state index is 12.6. The van der Waals surface area contributed by atoms with Crippen LogP contribution < -0.4 is 10.1 Å². The third-order valence-electron chi connectivity index (χ3n) is 4.45. The molecule has 1 aromatic heterocycles. The molecule has 7 nitrogen and oxygen atoms in total. The zero-order chi connectivity index (χ0) is 19.4. The minimum absolute atomic E-state index is 0.00971. The number of para-hydroxylation sites is 1. The minimum Gasteiger partial charge on any atom is -0.496 e. The van der Waals surface area contributed by atoms with Gasteiger partial charge in [0, 0.05) is 11.9 Å². The van der Waals surface area contributed by atoms with Crippen molar-refractivity contribution in [3.05, 3.63) is 59.3 Å². The van der Waals surface area contributed by atoms with Crippen molar-refractivity contribution in [3.63, 3.8) is 0 Å². The second-order valence-electron chi connectivity index (χ2n) is 6.41. The lowest BCUT2D eigenvalue weighted by Crippen LogP contribution is -2.34. The van der Waals surface area contributed by atoms with Crippen molar-refractivity contribution in [3.8, 4) is 5.75 Å². The number of benzene rings is 2. The van der Waals surface area contributed by atoms with Crippen molar-refractivity contribution >= 4 is 22.8 Å². The molecule has 3 N–H and O–H groups in total. The van der Waals surface area contributed by atoms with Gasteiger partial charge in [-0.05, 0) is 42.7 Å². The van der Waals surface area contributed by atoms with Gasteiger partial charge in [-0.1, -0.05) is 18.2 Å². The number of ether oxygens (including phenoxy) is 1. The minimum atomic E-state index is -0.975. The number of aryl methyl sites for hydroxylation is 1. The van der Waals surface area contributed by atoms with Crippen LogP contribution in [-0.2, 0) is 11.2 Å². The summed E-state index contributed by atoms with van der Waals surface area (Å²) in [7, 11) is 1.55. The number of hydrogen-bond acceptors (Lipinski definition) is 4. The predicted octanol–water partition coefficient (Wildman–Crippen LogP) is 2.55. The molecule has 1 amide bonds. The van der Waals surface area contributed by atoms with Gasteiger partial charge in [0.15, 0.2) is 0 Å².